The molecule has 0 radical (unpaired) electrons. The normalized spacial score (nSPS) is 13.2. The first kappa shape index (κ1) is 17.8. The average Bonchev–Trinajstić information content (AvgIpc) is 2.37. The maximum absolute atomic E-state index is 6.05. The second-order valence-electron chi connectivity index (χ2n) is 4.01. The zero-order valence-corrected chi connectivity index (χ0v) is 14.9. The van der Waals surface area contributed by atoms with Gasteiger partial charge >= 0.3 is 0 Å². The molecule has 0 aliphatic carbocycles. The number of ether oxygens (including phenoxy) is 1. The van der Waals surface area contributed by atoms with Crippen LogP contribution in [0.1, 0.15) is 27.2 Å². The first-order valence-electron chi connectivity index (χ1n) is 6.76. The van der Waals surface area contributed by atoms with E-state index in [2.05, 4.69) is 48.3 Å². The molecular weight excluding hydrogens is 345 g/mol. The molecule has 0 fully saturated rings. The summed E-state index contributed by atoms with van der Waals surface area (Å²) in [4.78, 5) is 2.41. The summed E-state index contributed by atoms with van der Waals surface area (Å²) in [6.45, 7) is 11.5. The summed E-state index contributed by atoms with van der Waals surface area (Å²) in [7, 11) is -1.10. The lowest BCUT2D eigenvalue weighted by Gasteiger charge is -2.21. The molecule has 0 aromatic rings. The molecule has 0 aromatic carbocycles. The Morgan fingerprint density at radius 1 is 1.18 bits per heavy atom. The number of nitrogens with zero attached hydrogens (tertiary/aromatic N) is 1. The number of alkyl halides is 1. The van der Waals surface area contributed by atoms with Crippen LogP contribution in [0.15, 0.2) is 0 Å². The number of rotatable bonds is 12. The molecule has 0 rings (SSSR count). The van der Waals surface area contributed by atoms with Crippen LogP contribution in [-0.2, 0) is 9.16 Å². The molecule has 3 nitrogen and oxygen atoms in total. The zero-order chi connectivity index (χ0) is 12.9. The second-order valence-corrected chi connectivity index (χ2v) is 7.58. The van der Waals surface area contributed by atoms with Crippen LogP contribution < -0.4 is 0 Å². The highest BCUT2D eigenvalue weighted by molar-refractivity contribution is 14.1. The summed E-state index contributed by atoms with van der Waals surface area (Å²) in [6.07, 6.45) is 2.15. The van der Waals surface area contributed by atoms with Crippen molar-refractivity contribution >= 4 is 31.6 Å². The van der Waals surface area contributed by atoms with Gasteiger partial charge in [0.15, 0.2) is 0 Å². The Hall–Kier alpha value is 0.827. The van der Waals surface area contributed by atoms with Gasteiger partial charge in [-0.15, -0.1) is 0 Å². The molecule has 1 atom stereocenters. The molecule has 0 aliphatic rings. The molecule has 0 saturated heterocycles. The SMILES string of the molecule is CCOC[SiH](CCCI)OCCN(CC)CC. The topological polar surface area (TPSA) is 21.7 Å². The number of hydrogen-bond acceptors (Lipinski definition) is 3. The first-order valence-corrected chi connectivity index (χ1v) is 10.4. The van der Waals surface area contributed by atoms with Crippen LogP contribution in [0.4, 0.5) is 0 Å². The van der Waals surface area contributed by atoms with E-state index < -0.39 is 9.04 Å². The predicted molar refractivity (Wildman–Crippen MR) is 85.7 cm³/mol. The van der Waals surface area contributed by atoms with Gasteiger partial charge in [-0.05, 0) is 36.9 Å². The smallest absolute Gasteiger partial charge is 0.202 e. The Labute approximate surface area is 122 Å². The van der Waals surface area contributed by atoms with Crippen LogP contribution in [0.2, 0.25) is 6.04 Å². The minimum atomic E-state index is -1.10. The highest BCUT2D eigenvalue weighted by Crippen LogP contribution is 2.04. The third-order valence-corrected chi connectivity index (χ3v) is 5.95. The van der Waals surface area contributed by atoms with Crippen molar-refractivity contribution in [3.8, 4) is 0 Å². The van der Waals surface area contributed by atoms with Crippen LogP contribution in [0.3, 0.4) is 0 Å². The van der Waals surface area contributed by atoms with Gasteiger partial charge in [-0.1, -0.05) is 36.4 Å². The summed E-state index contributed by atoms with van der Waals surface area (Å²) in [5.41, 5.74) is 0. The van der Waals surface area contributed by atoms with E-state index >= 15 is 0 Å². The Bertz CT molecular complexity index is 151. The van der Waals surface area contributed by atoms with Crippen LogP contribution in [0.5, 0.6) is 0 Å². The van der Waals surface area contributed by atoms with Crippen LogP contribution >= 0.6 is 22.6 Å². The monoisotopic (exact) mass is 373 g/mol. The third kappa shape index (κ3) is 10.4. The van der Waals surface area contributed by atoms with E-state index in [4.69, 9.17) is 9.16 Å². The molecule has 0 amide bonds. The van der Waals surface area contributed by atoms with E-state index in [0.29, 0.717) is 0 Å². The van der Waals surface area contributed by atoms with Gasteiger partial charge in [0, 0.05) is 19.8 Å². The average molecular weight is 373 g/mol. The molecule has 0 N–H and O–H groups in total. The van der Waals surface area contributed by atoms with Gasteiger partial charge < -0.3 is 14.1 Å². The fraction of sp³-hybridized carbons (Fsp3) is 1.00. The van der Waals surface area contributed by atoms with Crippen LogP contribution in [0.25, 0.3) is 0 Å². The maximum atomic E-state index is 6.05. The molecule has 0 heterocycles. The van der Waals surface area contributed by atoms with Crippen molar-refractivity contribution in [2.24, 2.45) is 0 Å². The quantitative estimate of drug-likeness (QED) is 0.298. The van der Waals surface area contributed by atoms with E-state index in [1.165, 1.54) is 16.9 Å². The minimum absolute atomic E-state index is 0.813. The largest absolute Gasteiger partial charge is 0.416 e. The van der Waals surface area contributed by atoms with Crippen LogP contribution in [0, 0.1) is 0 Å². The van der Waals surface area contributed by atoms with Crippen molar-refractivity contribution in [1.29, 1.82) is 0 Å². The van der Waals surface area contributed by atoms with Crippen molar-refractivity contribution in [2.75, 3.05) is 43.5 Å². The van der Waals surface area contributed by atoms with Crippen LogP contribution in [-0.4, -0.2) is 57.4 Å². The minimum Gasteiger partial charge on any atom is -0.416 e. The summed E-state index contributed by atoms with van der Waals surface area (Å²) < 4.78 is 12.8. The van der Waals surface area contributed by atoms with Gasteiger partial charge in [0.05, 0.1) is 6.23 Å². The Kier molecular flexibility index (Phi) is 13.9. The summed E-state index contributed by atoms with van der Waals surface area (Å²) in [5, 5.41) is 0. The highest BCUT2D eigenvalue weighted by Gasteiger charge is 2.12. The standard InChI is InChI=1S/C12H28INO2Si/c1-4-14(5-2)9-10-16-17(11-7-8-13)12-15-6-3/h17H,4-12H2,1-3H3. The lowest BCUT2D eigenvalue weighted by atomic mass is 10.5. The number of hydrogen-bond donors (Lipinski definition) is 0. The summed E-state index contributed by atoms with van der Waals surface area (Å²) in [6, 6.07) is 1.25. The number of halogens is 1. The molecule has 5 heteroatoms. The molecule has 0 bridgehead atoms. The predicted octanol–water partition coefficient (Wildman–Crippen LogP) is 2.47. The zero-order valence-electron chi connectivity index (χ0n) is 11.6. The molecule has 1 unspecified atom stereocenters. The third-order valence-electron chi connectivity index (χ3n) is 2.82. The second kappa shape index (κ2) is 13.3. The summed E-state index contributed by atoms with van der Waals surface area (Å²) in [5.74, 6) is 0. The van der Waals surface area contributed by atoms with E-state index in [0.717, 1.165) is 39.1 Å². The molecule has 104 valence electrons. The van der Waals surface area contributed by atoms with Gasteiger partial charge in [0.2, 0.25) is 9.04 Å². The molecule has 0 spiro atoms. The lowest BCUT2D eigenvalue weighted by molar-refractivity contribution is 0.163. The maximum Gasteiger partial charge on any atom is 0.202 e. The van der Waals surface area contributed by atoms with Gasteiger partial charge in [0.25, 0.3) is 0 Å². The fourth-order valence-electron chi connectivity index (χ4n) is 1.66. The van der Waals surface area contributed by atoms with Gasteiger partial charge in [-0.25, -0.2) is 0 Å². The molecule has 0 aromatic heterocycles. The van der Waals surface area contributed by atoms with Gasteiger partial charge in [0.1, 0.15) is 0 Å². The molecular formula is C12H28INO2Si. The van der Waals surface area contributed by atoms with Gasteiger partial charge in [-0.2, -0.15) is 0 Å². The van der Waals surface area contributed by atoms with E-state index in [9.17, 15) is 0 Å². The van der Waals surface area contributed by atoms with Crippen molar-refractivity contribution in [2.45, 2.75) is 33.2 Å². The molecule has 0 aliphatic heterocycles. The Morgan fingerprint density at radius 2 is 1.88 bits per heavy atom. The number of likely N-dealkylation sites (N-methyl/N-ethyl adjacent to an activating group) is 1. The van der Waals surface area contributed by atoms with Gasteiger partial charge in [-0.3, -0.25) is 0 Å². The first-order chi connectivity index (χ1) is 8.28. The molecule has 0 saturated carbocycles. The molecule has 17 heavy (non-hydrogen) atoms. The van der Waals surface area contributed by atoms with Crippen molar-refractivity contribution in [1.82, 2.24) is 4.90 Å². The van der Waals surface area contributed by atoms with E-state index in [1.807, 2.05) is 0 Å². The van der Waals surface area contributed by atoms with Crippen molar-refractivity contribution in [3.05, 3.63) is 0 Å². The lowest BCUT2D eigenvalue weighted by Crippen LogP contribution is -2.32. The van der Waals surface area contributed by atoms with Crippen molar-refractivity contribution in [3.63, 3.8) is 0 Å². The fourth-order valence-corrected chi connectivity index (χ4v) is 4.95. The van der Waals surface area contributed by atoms with E-state index in [1.54, 1.807) is 0 Å². The highest BCUT2D eigenvalue weighted by atomic mass is 127. The Morgan fingerprint density at radius 3 is 2.41 bits per heavy atom. The Balaban J connectivity index is 3.72. The summed E-state index contributed by atoms with van der Waals surface area (Å²) >= 11 is 2.44. The van der Waals surface area contributed by atoms with E-state index in [-0.39, 0.29) is 0 Å². The van der Waals surface area contributed by atoms with Crippen molar-refractivity contribution < 1.29 is 9.16 Å².